The fourth-order valence-corrected chi connectivity index (χ4v) is 2.67. The second-order valence-electron chi connectivity index (χ2n) is 6.28. The number of nitrogens with one attached hydrogen (secondary N) is 1. The summed E-state index contributed by atoms with van der Waals surface area (Å²) >= 11 is 0. The van der Waals surface area contributed by atoms with Crippen molar-refractivity contribution < 1.29 is 9.90 Å². The van der Waals surface area contributed by atoms with Crippen LogP contribution in [0, 0.1) is 0 Å². The van der Waals surface area contributed by atoms with Crippen molar-refractivity contribution in [3.8, 4) is 0 Å². The van der Waals surface area contributed by atoms with E-state index in [0.717, 1.165) is 16.3 Å². The summed E-state index contributed by atoms with van der Waals surface area (Å²) in [5, 5.41) is 26.6. The van der Waals surface area contributed by atoms with Crippen molar-refractivity contribution in [2.45, 2.75) is 32.4 Å². The first-order valence-corrected chi connectivity index (χ1v) is 8.24. The minimum atomic E-state index is -0.771. The van der Waals surface area contributed by atoms with Crippen LogP contribution in [0.4, 0.5) is 0 Å². The van der Waals surface area contributed by atoms with Crippen molar-refractivity contribution in [3.63, 3.8) is 0 Å². The molecule has 0 bridgehead atoms. The Morgan fingerprint density at radius 1 is 1.20 bits per heavy atom. The van der Waals surface area contributed by atoms with Gasteiger partial charge in [0.05, 0.1) is 6.10 Å². The highest BCUT2D eigenvalue weighted by atomic mass is 16.3. The zero-order chi connectivity index (χ0) is 17.8. The van der Waals surface area contributed by atoms with Crippen molar-refractivity contribution in [2.75, 3.05) is 6.54 Å². The van der Waals surface area contributed by atoms with Crippen LogP contribution >= 0.6 is 0 Å². The molecule has 1 amide bonds. The number of carbonyl (C=O) groups excluding carboxylic acids is 1. The van der Waals surface area contributed by atoms with E-state index in [9.17, 15) is 9.90 Å². The van der Waals surface area contributed by atoms with Crippen molar-refractivity contribution in [3.05, 3.63) is 53.9 Å². The summed E-state index contributed by atoms with van der Waals surface area (Å²) in [6.07, 6.45) is -0.771. The Balaban J connectivity index is 1.60. The van der Waals surface area contributed by atoms with Crippen LogP contribution < -0.4 is 5.32 Å². The predicted octanol–water partition coefficient (Wildman–Crippen LogP) is 1.80. The molecule has 2 N–H and O–H groups in total. The molecule has 3 aromatic rings. The largest absolute Gasteiger partial charge is 0.387 e. The van der Waals surface area contributed by atoms with Crippen molar-refractivity contribution in [2.24, 2.45) is 0 Å². The average molecular weight is 339 g/mol. The number of hydrogen-bond acceptors (Lipinski definition) is 5. The molecule has 1 atom stereocenters. The summed E-state index contributed by atoms with van der Waals surface area (Å²) in [5.41, 5.74) is 0.768. The third-order valence-corrected chi connectivity index (χ3v) is 4.02. The maximum absolute atomic E-state index is 12.1. The molecular formula is C18H21N5O2. The maximum atomic E-state index is 12.1. The van der Waals surface area contributed by atoms with E-state index in [4.69, 9.17) is 0 Å². The van der Waals surface area contributed by atoms with E-state index in [-0.39, 0.29) is 24.9 Å². The highest BCUT2D eigenvalue weighted by Gasteiger charge is 2.15. The molecule has 25 heavy (non-hydrogen) atoms. The van der Waals surface area contributed by atoms with Gasteiger partial charge in [0, 0.05) is 12.5 Å². The monoisotopic (exact) mass is 339 g/mol. The number of aromatic nitrogens is 4. The Morgan fingerprint density at radius 3 is 2.72 bits per heavy atom. The summed E-state index contributed by atoms with van der Waals surface area (Å²) in [6.45, 7) is 4.09. The van der Waals surface area contributed by atoms with E-state index in [2.05, 4.69) is 20.8 Å². The fourth-order valence-electron chi connectivity index (χ4n) is 2.67. The Hall–Kier alpha value is -2.80. The molecule has 7 heteroatoms. The molecule has 1 aromatic heterocycles. The van der Waals surface area contributed by atoms with Gasteiger partial charge < -0.3 is 10.4 Å². The van der Waals surface area contributed by atoms with Crippen LogP contribution in [0.15, 0.2) is 42.5 Å². The Morgan fingerprint density at radius 2 is 1.96 bits per heavy atom. The third-order valence-electron chi connectivity index (χ3n) is 4.02. The van der Waals surface area contributed by atoms with Crippen LogP contribution in [-0.2, 0) is 11.3 Å². The molecule has 0 spiro atoms. The van der Waals surface area contributed by atoms with Gasteiger partial charge in [-0.05, 0) is 32.8 Å². The van der Waals surface area contributed by atoms with E-state index in [1.807, 2.05) is 56.3 Å². The molecule has 0 radical (unpaired) electrons. The van der Waals surface area contributed by atoms with Gasteiger partial charge in [-0.25, -0.2) is 4.68 Å². The number of aliphatic hydroxyl groups excluding tert-OH is 1. The highest BCUT2D eigenvalue weighted by Crippen LogP contribution is 2.20. The SMILES string of the molecule is CC(C)c1nnnn1CC(=O)NCC(O)c1ccc2ccccc2c1. The molecule has 0 aliphatic carbocycles. The van der Waals surface area contributed by atoms with Crippen molar-refractivity contribution >= 4 is 16.7 Å². The highest BCUT2D eigenvalue weighted by molar-refractivity contribution is 5.83. The van der Waals surface area contributed by atoms with E-state index in [1.54, 1.807) is 0 Å². The standard InChI is InChI=1S/C18H21N5O2/c1-12(2)18-20-21-22-23(18)11-17(25)19-10-16(24)15-8-7-13-5-3-4-6-14(13)9-15/h3-9,12,16,24H,10-11H2,1-2H3,(H,19,25). The van der Waals surface area contributed by atoms with Crippen LogP contribution in [-0.4, -0.2) is 37.8 Å². The number of rotatable bonds is 6. The number of hydrogen-bond donors (Lipinski definition) is 2. The van der Waals surface area contributed by atoms with Crippen LogP contribution in [0.1, 0.15) is 37.3 Å². The smallest absolute Gasteiger partial charge is 0.241 e. The average Bonchev–Trinajstić information content (AvgIpc) is 3.07. The van der Waals surface area contributed by atoms with Gasteiger partial charge >= 0.3 is 0 Å². The zero-order valence-electron chi connectivity index (χ0n) is 14.3. The summed E-state index contributed by atoms with van der Waals surface area (Å²) < 4.78 is 1.47. The minimum absolute atomic E-state index is 0.0327. The lowest BCUT2D eigenvalue weighted by Gasteiger charge is -2.13. The number of aliphatic hydroxyl groups is 1. The molecule has 0 fully saturated rings. The molecule has 0 aliphatic heterocycles. The number of tetrazole rings is 1. The number of benzene rings is 2. The van der Waals surface area contributed by atoms with Gasteiger partial charge in [0.2, 0.25) is 5.91 Å². The Labute approximate surface area is 145 Å². The lowest BCUT2D eigenvalue weighted by Crippen LogP contribution is -2.32. The summed E-state index contributed by atoms with van der Waals surface area (Å²) in [4.78, 5) is 12.1. The van der Waals surface area contributed by atoms with Gasteiger partial charge in [-0.15, -0.1) is 5.10 Å². The summed E-state index contributed by atoms with van der Waals surface area (Å²) in [7, 11) is 0. The molecule has 1 unspecified atom stereocenters. The van der Waals surface area contributed by atoms with E-state index in [0.29, 0.717) is 5.82 Å². The topological polar surface area (TPSA) is 92.9 Å². The third kappa shape index (κ3) is 4.00. The lowest BCUT2D eigenvalue weighted by atomic mass is 10.0. The van der Waals surface area contributed by atoms with Crippen molar-refractivity contribution in [1.82, 2.24) is 25.5 Å². The molecule has 1 heterocycles. The molecule has 0 saturated heterocycles. The Kier molecular flexibility index (Phi) is 5.04. The van der Waals surface area contributed by atoms with Gasteiger partial charge in [-0.1, -0.05) is 50.2 Å². The summed E-state index contributed by atoms with van der Waals surface area (Å²) in [5.74, 6) is 0.547. The van der Waals surface area contributed by atoms with Gasteiger partial charge in [0.25, 0.3) is 0 Å². The molecule has 7 nitrogen and oxygen atoms in total. The molecule has 130 valence electrons. The van der Waals surface area contributed by atoms with Crippen LogP contribution in [0.25, 0.3) is 10.8 Å². The molecule has 3 rings (SSSR count). The first kappa shape index (κ1) is 17.0. The number of carbonyl (C=O) groups is 1. The second-order valence-corrected chi connectivity index (χ2v) is 6.28. The van der Waals surface area contributed by atoms with E-state index < -0.39 is 6.10 Å². The summed E-state index contributed by atoms with van der Waals surface area (Å²) in [6, 6.07) is 13.7. The van der Waals surface area contributed by atoms with Gasteiger partial charge in [-0.2, -0.15) is 0 Å². The first-order valence-electron chi connectivity index (χ1n) is 8.24. The van der Waals surface area contributed by atoms with Crippen LogP contribution in [0.2, 0.25) is 0 Å². The zero-order valence-corrected chi connectivity index (χ0v) is 14.3. The van der Waals surface area contributed by atoms with Gasteiger partial charge in [-0.3, -0.25) is 4.79 Å². The van der Waals surface area contributed by atoms with E-state index >= 15 is 0 Å². The van der Waals surface area contributed by atoms with Gasteiger partial charge in [0.1, 0.15) is 6.54 Å². The lowest BCUT2D eigenvalue weighted by molar-refractivity contribution is -0.122. The predicted molar refractivity (Wildman–Crippen MR) is 93.8 cm³/mol. The molecule has 0 saturated carbocycles. The van der Waals surface area contributed by atoms with Crippen LogP contribution in [0.3, 0.4) is 0 Å². The van der Waals surface area contributed by atoms with Crippen molar-refractivity contribution in [1.29, 1.82) is 0 Å². The minimum Gasteiger partial charge on any atom is -0.387 e. The maximum Gasteiger partial charge on any atom is 0.241 e. The first-order chi connectivity index (χ1) is 12.0. The van der Waals surface area contributed by atoms with Gasteiger partial charge in [0.15, 0.2) is 5.82 Å². The van der Waals surface area contributed by atoms with E-state index in [1.165, 1.54) is 4.68 Å². The fraction of sp³-hybridized carbons (Fsp3) is 0.333. The van der Waals surface area contributed by atoms with Crippen LogP contribution in [0.5, 0.6) is 0 Å². The number of amides is 1. The number of fused-ring (bicyclic) bond motifs is 1. The quantitative estimate of drug-likeness (QED) is 0.714. The number of nitrogens with zero attached hydrogens (tertiary/aromatic N) is 4. The molecular weight excluding hydrogens is 318 g/mol. The Bertz CT molecular complexity index is 875. The second kappa shape index (κ2) is 7.40. The normalized spacial score (nSPS) is 12.5. The molecule has 0 aliphatic rings. The molecule has 2 aromatic carbocycles.